The second-order valence-electron chi connectivity index (χ2n) is 4.71. The molecule has 12 heavy (non-hydrogen) atoms. The molecule has 1 saturated heterocycles. The topological polar surface area (TPSA) is 55.3 Å². The first-order chi connectivity index (χ1) is 5.45. The highest BCUT2D eigenvalue weighted by molar-refractivity contribution is 4.94. The van der Waals surface area contributed by atoms with Gasteiger partial charge in [-0.15, -0.1) is 0 Å². The molecule has 1 heterocycles. The van der Waals surface area contributed by atoms with E-state index in [2.05, 4.69) is 25.7 Å². The Morgan fingerprint density at radius 1 is 1.42 bits per heavy atom. The van der Waals surface area contributed by atoms with Crippen molar-refractivity contribution in [1.82, 2.24) is 4.90 Å². The van der Waals surface area contributed by atoms with Gasteiger partial charge >= 0.3 is 0 Å². The molecule has 0 aliphatic carbocycles. The van der Waals surface area contributed by atoms with Gasteiger partial charge in [0.25, 0.3) is 0 Å². The molecule has 0 spiro atoms. The van der Waals surface area contributed by atoms with Crippen molar-refractivity contribution in [1.29, 1.82) is 0 Å². The zero-order chi connectivity index (χ0) is 9.35. The van der Waals surface area contributed by atoms with E-state index in [1.165, 1.54) is 0 Å². The molecule has 0 aromatic rings. The van der Waals surface area contributed by atoms with Crippen LogP contribution >= 0.6 is 0 Å². The van der Waals surface area contributed by atoms with Crippen LogP contribution in [-0.2, 0) is 0 Å². The first kappa shape index (κ1) is 9.96. The largest absolute Gasteiger partial charge is 0.329 e. The molecule has 4 N–H and O–H groups in total. The minimum Gasteiger partial charge on any atom is -0.329 e. The summed E-state index contributed by atoms with van der Waals surface area (Å²) in [5.41, 5.74) is 11.8. The fourth-order valence-corrected chi connectivity index (χ4v) is 2.00. The molecule has 2 unspecified atom stereocenters. The van der Waals surface area contributed by atoms with Gasteiger partial charge in [0.05, 0.1) is 0 Å². The number of hydrogen-bond acceptors (Lipinski definition) is 3. The van der Waals surface area contributed by atoms with Gasteiger partial charge in [-0.05, 0) is 27.2 Å². The van der Waals surface area contributed by atoms with Crippen molar-refractivity contribution in [3.8, 4) is 0 Å². The van der Waals surface area contributed by atoms with Gasteiger partial charge in [-0.25, -0.2) is 0 Å². The smallest absolute Gasteiger partial charge is 0.0239 e. The number of rotatable bonds is 1. The third-order valence-corrected chi connectivity index (χ3v) is 2.58. The molecule has 0 bridgehead atoms. The van der Waals surface area contributed by atoms with E-state index in [1.807, 2.05) is 0 Å². The molecule has 0 amide bonds. The van der Waals surface area contributed by atoms with Crippen LogP contribution in [0.5, 0.6) is 0 Å². The third kappa shape index (κ3) is 1.97. The summed E-state index contributed by atoms with van der Waals surface area (Å²) in [5, 5.41) is 0. The first-order valence-corrected chi connectivity index (χ1v) is 4.67. The Kier molecular flexibility index (Phi) is 2.76. The Bertz CT molecular complexity index is 150. The lowest BCUT2D eigenvalue weighted by molar-refractivity contribution is 0.124. The molecule has 1 rings (SSSR count). The number of nitrogens with zero attached hydrogens (tertiary/aromatic N) is 1. The molecule has 1 aliphatic heterocycles. The summed E-state index contributed by atoms with van der Waals surface area (Å²) in [5.74, 6) is 0. The van der Waals surface area contributed by atoms with Crippen molar-refractivity contribution >= 4 is 0 Å². The van der Waals surface area contributed by atoms with Gasteiger partial charge in [0.2, 0.25) is 0 Å². The molecule has 0 radical (unpaired) electrons. The second kappa shape index (κ2) is 3.32. The molecule has 1 fully saturated rings. The van der Waals surface area contributed by atoms with E-state index in [9.17, 15) is 0 Å². The maximum Gasteiger partial charge on any atom is 0.0239 e. The van der Waals surface area contributed by atoms with Crippen LogP contribution < -0.4 is 11.5 Å². The van der Waals surface area contributed by atoms with Crippen LogP contribution in [0, 0.1) is 0 Å². The van der Waals surface area contributed by atoms with Crippen molar-refractivity contribution in [3.63, 3.8) is 0 Å². The van der Waals surface area contributed by atoms with Crippen LogP contribution in [0.3, 0.4) is 0 Å². The number of hydrogen-bond donors (Lipinski definition) is 2. The van der Waals surface area contributed by atoms with Crippen molar-refractivity contribution in [3.05, 3.63) is 0 Å². The summed E-state index contributed by atoms with van der Waals surface area (Å²) in [6.07, 6.45) is 1.05. The predicted octanol–water partition coefficient (Wildman–Crippen LogP) is 0.145. The fourth-order valence-electron chi connectivity index (χ4n) is 2.00. The van der Waals surface area contributed by atoms with E-state index in [0.29, 0.717) is 12.1 Å². The van der Waals surface area contributed by atoms with E-state index in [-0.39, 0.29) is 5.54 Å². The van der Waals surface area contributed by atoms with Crippen molar-refractivity contribution in [2.24, 2.45) is 11.5 Å². The van der Waals surface area contributed by atoms with Gasteiger partial charge in [0, 0.05) is 30.7 Å². The van der Waals surface area contributed by atoms with Crippen molar-refractivity contribution in [2.75, 3.05) is 13.1 Å². The van der Waals surface area contributed by atoms with Crippen LogP contribution in [0.25, 0.3) is 0 Å². The van der Waals surface area contributed by atoms with Gasteiger partial charge in [-0.1, -0.05) is 0 Å². The van der Waals surface area contributed by atoms with Gasteiger partial charge in [0.1, 0.15) is 0 Å². The molecule has 0 saturated carbocycles. The molecule has 2 atom stereocenters. The molecule has 72 valence electrons. The summed E-state index contributed by atoms with van der Waals surface area (Å²) < 4.78 is 0. The lowest BCUT2D eigenvalue weighted by Crippen LogP contribution is -2.47. The maximum absolute atomic E-state index is 5.89. The first-order valence-electron chi connectivity index (χ1n) is 4.67. The standard InChI is InChI=1S/C9H21N3/c1-9(2,3)12-6-7(11)4-8(12)5-10/h7-8H,4-6,10-11H2,1-3H3. The van der Waals surface area contributed by atoms with E-state index in [0.717, 1.165) is 19.5 Å². The molecule has 1 aliphatic rings. The Balaban J connectivity index is 2.64. The third-order valence-electron chi connectivity index (χ3n) is 2.58. The van der Waals surface area contributed by atoms with Gasteiger partial charge < -0.3 is 11.5 Å². The highest BCUT2D eigenvalue weighted by Crippen LogP contribution is 2.24. The molecular formula is C9H21N3. The lowest BCUT2D eigenvalue weighted by atomic mass is 10.0. The zero-order valence-corrected chi connectivity index (χ0v) is 8.38. The van der Waals surface area contributed by atoms with Crippen LogP contribution in [0.15, 0.2) is 0 Å². The maximum atomic E-state index is 5.89. The molecular weight excluding hydrogens is 150 g/mol. The summed E-state index contributed by atoms with van der Waals surface area (Å²) in [6, 6.07) is 0.803. The van der Waals surface area contributed by atoms with Gasteiger partial charge in [0.15, 0.2) is 0 Å². The van der Waals surface area contributed by atoms with Gasteiger partial charge in [-0.2, -0.15) is 0 Å². The van der Waals surface area contributed by atoms with Crippen LogP contribution in [0.4, 0.5) is 0 Å². The predicted molar refractivity (Wildman–Crippen MR) is 51.9 cm³/mol. The summed E-state index contributed by atoms with van der Waals surface area (Å²) in [7, 11) is 0. The summed E-state index contributed by atoms with van der Waals surface area (Å²) >= 11 is 0. The minimum atomic E-state index is 0.207. The van der Waals surface area contributed by atoms with E-state index < -0.39 is 0 Å². The van der Waals surface area contributed by atoms with Crippen molar-refractivity contribution < 1.29 is 0 Å². The van der Waals surface area contributed by atoms with Crippen LogP contribution in [-0.4, -0.2) is 35.6 Å². The highest BCUT2D eigenvalue weighted by atomic mass is 15.3. The summed E-state index contributed by atoms with van der Waals surface area (Å²) in [4.78, 5) is 2.41. The summed E-state index contributed by atoms with van der Waals surface area (Å²) in [6.45, 7) is 8.37. The number of nitrogens with two attached hydrogens (primary N) is 2. The average Bonchev–Trinajstić information content (AvgIpc) is 2.29. The van der Waals surface area contributed by atoms with Crippen molar-refractivity contribution in [2.45, 2.75) is 44.8 Å². The minimum absolute atomic E-state index is 0.207. The van der Waals surface area contributed by atoms with E-state index in [1.54, 1.807) is 0 Å². The number of likely N-dealkylation sites (tertiary alicyclic amines) is 1. The van der Waals surface area contributed by atoms with Gasteiger partial charge in [-0.3, -0.25) is 4.90 Å². The molecule has 3 nitrogen and oxygen atoms in total. The Labute approximate surface area is 75.1 Å². The lowest BCUT2D eigenvalue weighted by Gasteiger charge is -2.36. The normalized spacial score (nSPS) is 32.8. The molecule has 0 aromatic carbocycles. The van der Waals surface area contributed by atoms with Crippen LogP contribution in [0.2, 0.25) is 0 Å². The molecule has 0 aromatic heterocycles. The molecule has 3 heteroatoms. The Morgan fingerprint density at radius 3 is 2.33 bits per heavy atom. The second-order valence-corrected chi connectivity index (χ2v) is 4.71. The monoisotopic (exact) mass is 171 g/mol. The highest BCUT2D eigenvalue weighted by Gasteiger charge is 2.35. The van der Waals surface area contributed by atoms with E-state index in [4.69, 9.17) is 11.5 Å². The Hall–Kier alpha value is -0.120. The SMILES string of the molecule is CC(C)(C)N1CC(N)CC1CN. The quantitative estimate of drug-likeness (QED) is 0.590. The Morgan fingerprint density at radius 2 is 2.00 bits per heavy atom. The van der Waals surface area contributed by atoms with E-state index >= 15 is 0 Å². The average molecular weight is 171 g/mol. The zero-order valence-electron chi connectivity index (χ0n) is 8.38. The fraction of sp³-hybridized carbons (Fsp3) is 1.00. The van der Waals surface area contributed by atoms with Crippen LogP contribution in [0.1, 0.15) is 27.2 Å².